The first-order valence-corrected chi connectivity index (χ1v) is 9.25. The van der Waals surface area contributed by atoms with Crippen LogP contribution in [0.3, 0.4) is 0 Å². The largest absolute Gasteiger partial charge is 0.399 e. The van der Waals surface area contributed by atoms with Crippen molar-refractivity contribution in [3.05, 3.63) is 47.5 Å². The molecule has 6 heteroatoms. The first-order valence-electron chi connectivity index (χ1n) is 8.43. The Balaban J connectivity index is 1.59. The summed E-state index contributed by atoms with van der Waals surface area (Å²) in [5, 5.41) is 4.04. The van der Waals surface area contributed by atoms with Gasteiger partial charge in [0.15, 0.2) is 5.13 Å². The lowest BCUT2D eigenvalue weighted by molar-refractivity contribution is 0.102. The Morgan fingerprint density at radius 1 is 1.20 bits per heavy atom. The van der Waals surface area contributed by atoms with Gasteiger partial charge in [0.25, 0.3) is 5.91 Å². The number of anilines is 3. The third-order valence-corrected chi connectivity index (χ3v) is 5.60. The first kappa shape index (κ1) is 15.9. The predicted molar refractivity (Wildman–Crippen MR) is 105 cm³/mol. The fourth-order valence-electron chi connectivity index (χ4n) is 3.12. The summed E-state index contributed by atoms with van der Waals surface area (Å²) >= 11 is 1.68. The summed E-state index contributed by atoms with van der Waals surface area (Å²) in [5.74, 6) is -0.145. The van der Waals surface area contributed by atoms with E-state index in [4.69, 9.17) is 10.7 Å². The number of thiazole rings is 1. The Morgan fingerprint density at radius 2 is 2.00 bits per heavy atom. The summed E-state index contributed by atoms with van der Waals surface area (Å²) in [6, 6.07) is 11.2. The number of nitrogens with one attached hydrogen (secondary N) is 1. The molecule has 0 atom stereocenters. The molecule has 1 aliphatic heterocycles. The molecule has 1 amide bonds. The Hall–Kier alpha value is -2.60. The topological polar surface area (TPSA) is 71.2 Å². The Labute approximate surface area is 150 Å². The number of fused-ring (bicyclic) bond motifs is 1. The molecule has 1 aromatic heterocycles. The van der Waals surface area contributed by atoms with E-state index in [2.05, 4.69) is 10.2 Å². The Morgan fingerprint density at radius 3 is 2.80 bits per heavy atom. The number of nitrogen functional groups attached to an aromatic ring is 1. The Kier molecular flexibility index (Phi) is 4.05. The minimum absolute atomic E-state index is 0.145. The third kappa shape index (κ3) is 3.17. The van der Waals surface area contributed by atoms with Crippen molar-refractivity contribution >= 4 is 44.0 Å². The summed E-state index contributed by atoms with van der Waals surface area (Å²) in [7, 11) is 0. The number of aromatic nitrogens is 1. The molecular formula is C19H20N4OS. The number of aryl methyl sites for hydroxylation is 1. The molecule has 128 valence electrons. The fraction of sp³-hybridized carbons (Fsp3) is 0.263. The lowest BCUT2D eigenvalue weighted by Crippen LogP contribution is -2.16. The molecule has 1 aliphatic rings. The van der Waals surface area contributed by atoms with Crippen molar-refractivity contribution in [3.63, 3.8) is 0 Å². The molecule has 0 spiro atoms. The zero-order valence-corrected chi connectivity index (χ0v) is 14.9. The van der Waals surface area contributed by atoms with Crippen molar-refractivity contribution < 1.29 is 4.79 Å². The van der Waals surface area contributed by atoms with E-state index < -0.39 is 0 Å². The van der Waals surface area contributed by atoms with Crippen molar-refractivity contribution in [3.8, 4) is 0 Å². The Bertz CT molecular complexity index is 944. The number of nitrogens with zero attached hydrogens (tertiary/aromatic N) is 2. The number of carbonyl (C=O) groups excluding carboxylic acids is 1. The van der Waals surface area contributed by atoms with Crippen LogP contribution < -0.4 is 16.0 Å². The second-order valence-electron chi connectivity index (χ2n) is 6.40. The van der Waals surface area contributed by atoms with Gasteiger partial charge in [0.2, 0.25) is 0 Å². The van der Waals surface area contributed by atoms with E-state index in [1.165, 1.54) is 12.8 Å². The second kappa shape index (κ2) is 6.37. The van der Waals surface area contributed by atoms with Gasteiger partial charge in [0, 0.05) is 30.0 Å². The van der Waals surface area contributed by atoms with Crippen LogP contribution in [0.5, 0.6) is 0 Å². The van der Waals surface area contributed by atoms with Crippen molar-refractivity contribution in [1.29, 1.82) is 0 Å². The molecule has 0 saturated carbocycles. The van der Waals surface area contributed by atoms with E-state index in [9.17, 15) is 4.79 Å². The zero-order chi connectivity index (χ0) is 17.4. The van der Waals surface area contributed by atoms with Crippen molar-refractivity contribution in [2.24, 2.45) is 0 Å². The van der Waals surface area contributed by atoms with Gasteiger partial charge in [-0.1, -0.05) is 17.4 Å². The van der Waals surface area contributed by atoms with Gasteiger partial charge in [-0.05, 0) is 55.7 Å². The lowest BCUT2D eigenvalue weighted by atomic mass is 10.1. The summed E-state index contributed by atoms with van der Waals surface area (Å²) in [6.07, 6.45) is 2.47. The lowest BCUT2D eigenvalue weighted by Gasteiger charge is -2.11. The highest BCUT2D eigenvalue weighted by Crippen LogP contribution is 2.32. The molecule has 25 heavy (non-hydrogen) atoms. The van der Waals surface area contributed by atoms with E-state index in [1.807, 2.05) is 31.2 Å². The highest BCUT2D eigenvalue weighted by Gasteiger charge is 2.17. The maximum atomic E-state index is 12.6. The standard InChI is InChI=1S/C19H20N4OS/c1-12-4-5-13(20)10-15(12)18(24)21-14-6-7-16-17(11-14)25-19(22-16)23-8-2-3-9-23/h4-7,10-11H,2-3,8-9,20H2,1H3,(H,21,24). The smallest absolute Gasteiger partial charge is 0.256 e. The maximum absolute atomic E-state index is 12.6. The van der Waals surface area contributed by atoms with Crippen LogP contribution in [0.2, 0.25) is 0 Å². The SMILES string of the molecule is Cc1ccc(N)cc1C(=O)Nc1ccc2nc(N3CCCC3)sc2c1. The average molecular weight is 352 g/mol. The van der Waals surface area contributed by atoms with E-state index in [0.29, 0.717) is 11.3 Å². The summed E-state index contributed by atoms with van der Waals surface area (Å²) in [4.78, 5) is 19.6. The van der Waals surface area contributed by atoms with Gasteiger partial charge in [0.1, 0.15) is 0 Å². The van der Waals surface area contributed by atoms with Crippen molar-refractivity contribution in [2.75, 3.05) is 29.0 Å². The predicted octanol–water partition coefficient (Wildman–Crippen LogP) is 4.04. The minimum Gasteiger partial charge on any atom is -0.399 e. The van der Waals surface area contributed by atoms with Crippen LogP contribution in [0.15, 0.2) is 36.4 Å². The van der Waals surface area contributed by atoms with Crippen LogP contribution in [-0.2, 0) is 0 Å². The molecule has 0 bridgehead atoms. The molecule has 2 aromatic carbocycles. The molecule has 0 radical (unpaired) electrons. The minimum atomic E-state index is -0.145. The van der Waals surface area contributed by atoms with Gasteiger partial charge in [-0.15, -0.1) is 0 Å². The molecule has 3 N–H and O–H groups in total. The van der Waals surface area contributed by atoms with Gasteiger partial charge >= 0.3 is 0 Å². The van der Waals surface area contributed by atoms with Crippen LogP contribution in [0.25, 0.3) is 10.2 Å². The zero-order valence-electron chi connectivity index (χ0n) is 14.1. The first-order chi connectivity index (χ1) is 12.1. The molecule has 2 heterocycles. The fourth-order valence-corrected chi connectivity index (χ4v) is 4.17. The number of carbonyl (C=O) groups is 1. The molecule has 5 nitrogen and oxygen atoms in total. The molecular weight excluding hydrogens is 332 g/mol. The molecule has 3 aromatic rings. The molecule has 4 rings (SSSR count). The summed E-state index contributed by atoms with van der Waals surface area (Å²) in [6.45, 7) is 4.07. The quantitative estimate of drug-likeness (QED) is 0.698. The average Bonchev–Trinajstić information content (AvgIpc) is 3.25. The molecule has 1 fully saturated rings. The normalized spacial score (nSPS) is 14.2. The molecule has 0 aliphatic carbocycles. The van der Waals surface area contributed by atoms with Crippen LogP contribution in [0.4, 0.5) is 16.5 Å². The van der Waals surface area contributed by atoms with E-state index in [-0.39, 0.29) is 5.91 Å². The van der Waals surface area contributed by atoms with E-state index in [1.54, 1.807) is 23.5 Å². The van der Waals surface area contributed by atoms with Crippen molar-refractivity contribution in [1.82, 2.24) is 4.98 Å². The summed E-state index contributed by atoms with van der Waals surface area (Å²) in [5.41, 5.74) is 9.65. The number of nitrogens with two attached hydrogens (primary N) is 1. The second-order valence-corrected chi connectivity index (χ2v) is 7.41. The monoisotopic (exact) mass is 352 g/mol. The van der Waals surface area contributed by atoms with Gasteiger partial charge in [-0.25, -0.2) is 4.98 Å². The molecule has 1 saturated heterocycles. The van der Waals surface area contributed by atoms with Gasteiger partial charge in [-0.2, -0.15) is 0 Å². The number of benzene rings is 2. The number of hydrogen-bond donors (Lipinski definition) is 2. The highest BCUT2D eigenvalue weighted by molar-refractivity contribution is 7.22. The number of amides is 1. The molecule has 0 unspecified atom stereocenters. The highest BCUT2D eigenvalue weighted by atomic mass is 32.1. The van der Waals surface area contributed by atoms with Crippen LogP contribution in [0.1, 0.15) is 28.8 Å². The summed E-state index contributed by atoms with van der Waals surface area (Å²) < 4.78 is 1.09. The van der Waals surface area contributed by atoms with E-state index in [0.717, 1.165) is 39.7 Å². The van der Waals surface area contributed by atoms with E-state index >= 15 is 0 Å². The van der Waals surface area contributed by atoms with Crippen molar-refractivity contribution in [2.45, 2.75) is 19.8 Å². The number of rotatable bonds is 3. The van der Waals surface area contributed by atoms with Gasteiger partial charge in [0.05, 0.1) is 10.2 Å². The van der Waals surface area contributed by atoms with Gasteiger partial charge in [-0.3, -0.25) is 4.79 Å². The van der Waals surface area contributed by atoms with Crippen LogP contribution in [-0.4, -0.2) is 24.0 Å². The van der Waals surface area contributed by atoms with Gasteiger partial charge < -0.3 is 16.0 Å². The number of hydrogen-bond acceptors (Lipinski definition) is 5. The van der Waals surface area contributed by atoms with Crippen LogP contribution in [0, 0.1) is 6.92 Å². The van der Waals surface area contributed by atoms with Crippen LogP contribution >= 0.6 is 11.3 Å². The maximum Gasteiger partial charge on any atom is 0.256 e. The third-order valence-electron chi connectivity index (χ3n) is 4.52.